The van der Waals surface area contributed by atoms with Crippen LogP contribution in [0.4, 0.5) is 18.9 Å². The van der Waals surface area contributed by atoms with Crippen molar-refractivity contribution in [2.24, 2.45) is 0 Å². The van der Waals surface area contributed by atoms with Crippen LogP contribution in [-0.2, 0) is 12.7 Å². The summed E-state index contributed by atoms with van der Waals surface area (Å²) >= 11 is 0. The molecule has 0 saturated carbocycles. The summed E-state index contributed by atoms with van der Waals surface area (Å²) in [5, 5.41) is 6.82. The van der Waals surface area contributed by atoms with E-state index >= 15 is 0 Å². The summed E-state index contributed by atoms with van der Waals surface area (Å²) in [6.45, 7) is 0.215. The van der Waals surface area contributed by atoms with E-state index in [-0.39, 0.29) is 23.8 Å². The van der Waals surface area contributed by atoms with Crippen LogP contribution in [0.15, 0.2) is 53.1 Å². The molecule has 1 aromatic heterocycles. The first-order valence-electron chi connectivity index (χ1n) is 7.34. The molecule has 0 saturated heterocycles. The summed E-state index contributed by atoms with van der Waals surface area (Å²) < 4.78 is 48.7. The summed E-state index contributed by atoms with van der Waals surface area (Å²) in [5.41, 5.74) is 0.217. The van der Waals surface area contributed by atoms with E-state index in [1.54, 1.807) is 13.2 Å². The number of para-hydroxylation sites is 2. The number of rotatable bonds is 5. The predicted octanol–water partition coefficient (Wildman–Crippen LogP) is 4.38. The monoisotopic (exact) mass is 349 g/mol. The van der Waals surface area contributed by atoms with Gasteiger partial charge in [0, 0.05) is 5.56 Å². The molecule has 3 aromatic rings. The second-order valence-electron chi connectivity index (χ2n) is 5.14. The number of benzene rings is 2. The van der Waals surface area contributed by atoms with Gasteiger partial charge in [-0.05, 0) is 24.3 Å². The van der Waals surface area contributed by atoms with Crippen LogP contribution in [-0.4, -0.2) is 17.3 Å². The van der Waals surface area contributed by atoms with E-state index in [2.05, 4.69) is 15.5 Å². The van der Waals surface area contributed by atoms with Gasteiger partial charge in [-0.2, -0.15) is 18.2 Å². The second-order valence-corrected chi connectivity index (χ2v) is 5.14. The number of hydrogen-bond donors (Lipinski definition) is 1. The number of aromatic nitrogens is 2. The van der Waals surface area contributed by atoms with Crippen LogP contribution >= 0.6 is 0 Å². The molecule has 1 heterocycles. The van der Waals surface area contributed by atoms with Crippen LogP contribution in [0.3, 0.4) is 0 Å². The molecule has 5 nitrogen and oxygen atoms in total. The number of ether oxygens (including phenoxy) is 1. The molecule has 0 aliphatic heterocycles. The first kappa shape index (κ1) is 16.8. The van der Waals surface area contributed by atoms with Crippen LogP contribution in [0.2, 0.25) is 0 Å². The van der Waals surface area contributed by atoms with Gasteiger partial charge in [0.1, 0.15) is 5.75 Å². The van der Waals surface area contributed by atoms with Gasteiger partial charge in [0.05, 0.1) is 24.9 Å². The molecule has 2 aromatic carbocycles. The van der Waals surface area contributed by atoms with Crippen LogP contribution in [0.5, 0.6) is 5.75 Å². The third-order valence-corrected chi connectivity index (χ3v) is 3.45. The Morgan fingerprint density at radius 3 is 2.68 bits per heavy atom. The zero-order valence-electron chi connectivity index (χ0n) is 13.2. The summed E-state index contributed by atoms with van der Waals surface area (Å²) in [6, 6.07) is 12.1. The normalized spacial score (nSPS) is 11.4. The average Bonchev–Trinajstić information content (AvgIpc) is 3.08. The highest BCUT2D eigenvalue weighted by atomic mass is 19.4. The molecule has 0 bridgehead atoms. The molecule has 130 valence electrons. The van der Waals surface area contributed by atoms with Gasteiger partial charge in [-0.25, -0.2) is 0 Å². The van der Waals surface area contributed by atoms with Crippen molar-refractivity contribution < 1.29 is 22.4 Å². The van der Waals surface area contributed by atoms with E-state index in [9.17, 15) is 13.2 Å². The van der Waals surface area contributed by atoms with Crippen LogP contribution in [0, 0.1) is 0 Å². The van der Waals surface area contributed by atoms with E-state index in [1.165, 1.54) is 12.1 Å². The molecule has 0 spiro atoms. The molecule has 0 aliphatic carbocycles. The van der Waals surface area contributed by atoms with Gasteiger partial charge in [-0.3, -0.25) is 0 Å². The number of halogens is 3. The Kier molecular flexibility index (Phi) is 4.60. The van der Waals surface area contributed by atoms with Crippen molar-refractivity contribution in [1.82, 2.24) is 10.1 Å². The fraction of sp³-hybridized carbons (Fsp3) is 0.176. The molecular formula is C17H14F3N3O2. The number of nitrogens with one attached hydrogen (secondary N) is 1. The predicted molar refractivity (Wildman–Crippen MR) is 85.1 cm³/mol. The molecule has 3 rings (SSSR count). The molecule has 0 unspecified atom stereocenters. The van der Waals surface area contributed by atoms with Crippen molar-refractivity contribution in [2.45, 2.75) is 12.7 Å². The SMILES string of the molecule is COc1ccccc1NCc1nc(-c2cccc(C(F)(F)F)c2)no1. The van der Waals surface area contributed by atoms with Gasteiger partial charge < -0.3 is 14.6 Å². The average molecular weight is 349 g/mol. The Balaban J connectivity index is 1.75. The minimum Gasteiger partial charge on any atom is -0.495 e. The first-order chi connectivity index (χ1) is 12.0. The first-order valence-corrected chi connectivity index (χ1v) is 7.34. The third-order valence-electron chi connectivity index (χ3n) is 3.45. The third kappa shape index (κ3) is 3.90. The summed E-state index contributed by atoms with van der Waals surface area (Å²) in [6.07, 6.45) is -4.42. The minimum absolute atomic E-state index is 0.0999. The Morgan fingerprint density at radius 1 is 1.12 bits per heavy atom. The maximum atomic E-state index is 12.8. The van der Waals surface area contributed by atoms with Gasteiger partial charge in [-0.15, -0.1) is 0 Å². The number of alkyl halides is 3. The smallest absolute Gasteiger partial charge is 0.416 e. The van der Waals surface area contributed by atoms with Crippen molar-refractivity contribution in [3.63, 3.8) is 0 Å². The lowest BCUT2D eigenvalue weighted by Gasteiger charge is -2.08. The highest BCUT2D eigenvalue weighted by molar-refractivity contribution is 5.57. The highest BCUT2D eigenvalue weighted by Gasteiger charge is 2.30. The van der Waals surface area contributed by atoms with Crippen molar-refractivity contribution in [3.05, 3.63) is 60.0 Å². The molecule has 0 aliphatic rings. The van der Waals surface area contributed by atoms with E-state index in [0.29, 0.717) is 5.75 Å². The standard InChI is InChI=1S/C17H14F3N3O2/c1-24-14-8-3-2-7-13(14)21-10-15-22-16(23-25-15)11-5-4-6-12(9-11)17(18,19)20/h2-9,21H,10H2,1H3. The molecule has 1 N–H and O–H groups in total. The van der Waals surface area contributed by atoms with Gasteiger partial charge in [0.15, 0.2) is 0 Å². The van der Waals surface area contributed by atoms with Crippen molar-refractivity contribution >= 4 is 5.69 Å². The number of hydrogen-bond acceptors (Lipinski definition) is 5. The van der Waals surface area contributed by atoms with Crippen molar-refractivity contribution in [3.8, 4) is 17.1 Å². The largest absolute Gasteiger partial charge is 0.495 e. The summed E-state index contributed by atoms with van der Waals surface area (Å²) in [5.74, 6) is 1.00. The lowest BCUT2D eigenvalue weighted by atomic mass is 10.1. The topological polar surface area (TPSA) is 60.2 Å². The molecule has 0 fully saturated rings. The lowest BCUT2D eigenvalue weighted by molar-refractivity contribution is -0.137. The Bertz CT molecular complexity index is 862. The zero-order chi connectivity index (χ0) is 17.9. The van der Waals surface area contributed by atoms with E-state index in [4.69, 9.17) is 9.26 Å². The van der Waals surface area contributed by atoms with Crippen LogP contribution in [0.1, 0.15) is 11.5 Å². The lowest BCUT2D eigenvalue weighted by Crippen LogP contribution is -2.04. The Labute approximate surface area is 141 Å². The second kappa shape index (κ2) is 6.84. The molecule has 0 atom stereocenters. The van der Waals surface area contributed by atoms with E-state index in [1.807, 2.05) is 18.2 Å². The quantitative estimate of drug-likeness (QED) is 0.741. The number of nitrogens with zero attached hydrogens (tertiary/aromatic N) is 2. The van der Waals surface area contributed by atoms with Gasteiger partial charge >= 0.3 is 6.18 Å². The zero-order valence-corrected chi connectivity index (χ0v) is 13.2. The van der Waals surface area contributed by atoms with Gasteiger partial charge in [0.2, 0.25) is 11.7 Å². The van der Waals surface area contributed by atoms with Crippen molar-refractivity contribution in [2.75, 3.05) is 12.4 Å². The summed E-state index contributed by atoms with van der Waals surface area (Å²) in [4.78, 5) is 4.13. The van der Waals surface area contributed by atoms with Crippen LogP contribution < -0.4 is 10.1 Å². The highest BCUT2D eigenvalue weighted by Crippen LogP contribution is 2.31. The van der Waals surface area contributed by atoms with E-state index < -0.39 is 11.7 Å². The molecular weight excluding hydrogens is 335 g/mol. The van der Waals surface area contributed by atoms with E-state index in [0.717, 1.165) is 17.8 Å². The van der Waals surface area contributed by atoms with Gasteiger partial charge in [-0.1, -0.05) is 29.4 Å². The Morgan fingerprint density at radius 2 is 1.92 bits per heavy atom. The van der Waals surface area contributed by atoms with Crippen molar-refractivity contribution in [1.29, 1.82) is 0 Å². The Hall–Kier alpha value is -3.03. The maximum Gasteiger partial charge on any atom is 0.416 e. The van der Waals surface area contributed by atoms with Gasteiger partial charge in [0.25, 0.3) is 0 Å². The number of methoxy groups -OCH3 is 1. The van der Waals surface area contributed by atoms with Crippen LogP contribution in [0.25, 0.3) is 11.4 Å². The minimum atomic E-state index is -4.42. The molecule has 25 heavy (non-hydrogen) atoms. The molecule has 0 amide bonds. The fourth-order valence-electron chi connectivity index (χ4n) is 2.24. The molecule has 8 heteroatoms. The fourth-order valence-corrected chi connectivity index (χ4v) is 2.24. The summed E-state index contributed by atoms with van der Waals surface area (Å²) in [7, 11) is 1.55. The molecule has 0 radical (unpaired) electrons. The maximum absolute atomic E-state index is 12.8. The number of anilines is 1.